The number of nitrogens with zero attached hydrogens (tertiary/aromatic N) is 2. The number of halogens is 1. The third-order valence-corrected chi connectivity index (χ3v) is 3.91. The normalized spacial score (nSPS) is 10.4. The summed E-state index contributed by atoms with van der Waals surface area (Å²) in [7, 11) is 1.53. The zero-order chi connectivity index (χ0) is 19.9. The summed E-state index contributed by atoms with van der Waals surface area (Å²) in [6, 6.07) is 13.4. The molecule has 0 aliphatic heterocycles. The lowest BCUT2D eigenvalue weighted by molar-refractivity contribution is -0.144. The molecule has 1 N–H and O–H groups in total. The fourth-order valence-corrected chi connectivity index (χ4v) is 2.34. The van der Waals surface area contributed by atoms with Crippen molar-refractivity contribution in [3.8, 4) is 17.2 Å². The predicted octanol–water partition coefficient (Wildman–Crippen LogP) is 2.87. The van der Waals surface area contributed by atoms with E-state index < -0.39 is 11.9 Å². The Hall–Kier alpha value is -3.39. The van der Waals surface area contributed by atoms with Gasteiger partial charge in [0.05, 0.1) is 7.11 Å². The highest BCUT2D eigenvalue weighted by atomic mass is 35.5. The Bertz CT molecular complexity index is 954. The highest BCUT2D eigenvalue weighted by molar-refractivity contribution is 6.30. The van der Waals surface area contributed by atoms with E-state index in [-0.39, 0.29) is 24.9 Å². The van der Waals surface area contributed by atoms with Gasteiger partial charge in [-0.3, -0.25) is 9.59 Å². The summed E-state index contributed by atoms with van der Waals surface area (Å²) in [6.45, 7) is -0.485. The van der Waals surface area contributed by atoms with Crippen LogP contribution in [0.2, 0.25) is 5.02 Å². The first kappa shape index (κ1) is 19.4. The quantitative estimate of drug-likeness (QED) is 0.607. The van der Waals surface area contributed by atoms with Crippen LogP contribution in [0, 0.1) is 0 Å². The Kier molecular flexibility index (Phi) is 6.23. The number of rotatable bonds is 7. The lowest BCUT2D eigenvalue weighted by Crippen LogP contribution is -2.30. The van der Waals surface area contributed by atoms with E-state index in [4.69, 9.17) is 25.5 Å². The number of benzene rings is 2. The molecule has 0 unspecified atom stereocenters. The number of nitrogens with one attached hydrogen (secondary N) is 1. The van der Waals surface area contributed by atoms with Crippen molar-refractivity contribution in [2.75, 3.05) is 13.7 Å². The van der Waals surface area contributed by atoms with E-state index in [1.165, 1.54) is 7.11 Å². The molecule has 1 aromatic heterocycles. The van der Waals surface area contributed by atoms with Crippen molar-refractivity contribution < 1.29 is 23.5 Å². The van der Waals surface area contributed by atoms with Crippen LogP contribution in [0.3, 0.4) is 0 Å². The zero-order valence-corrected chi connectivity index (χ0v) is 15.6. The second-order valence-electron chi connectivity index (χ2n) is 5.58. The second kappa shape index (κ2) is 9.01. The van der Waals surface area contributed by atoms with Gasteiger partial charge >= 0.3 is 5.97 Å². The van der Waals surface area contributed by atoms with Crippen LogP contribution in [-0.4, -0.2) is 35.7 Å². The summed E-state index contributed by atoms with van der Waals surface area (Å²) in [5, 5.41) is 10.8. The highest BCUT2D eigenvalue weighted by Gasteiger charge is 2.12. The van der Waals surface area contributed by atoms with Gasteiger partial charge in [0.1, 0.15) is 12.3 Å². The molecule has 0 saturated carbocycles. The number of carbonyl (C=O) groups excluding carboxylic acids is 2. The first-order chi connectivity index (χ1) is 13.5. The molecule has 3 aromatic rings. The van der Waals surface area contributed by atoms with E-state index in [1.54, 1.807) is 48.5 Å². The molecule has 28 heavy (non-hydrogen) atoms. The Balaban J connectivity index is 1.46. The molecule has 0 bridgehead atoms. The van der Waals surface area contributed by atoms with Crippen molar-refractivity contribution in [3.05, 3.63) is 65.0 Å². The molecule has 0 aliphatic carbocycles. The Morgan fingerprint density at radius 2 is 1.79 bits per heavy atom. The van der Waals surface area contributed by atoms with Crippen LogP contribution in [0.4, 0.5) is 0 Å². The molecule has 9 heteroatoms. The average molecular weight is 402 g/mol. The van der Waals surface area contributed by atoms with E-state index in [2.05, 4.69) is 15.5 Å². The Morgan fingerprint density at radius 3 is 2.46 bits per heavy atom. The van der Waals surface area contributed by atoms with E-state index >= 15 is 0 Å². The van der Waals surface area contributed by atoms with Crippen molar-refractivity contribution in [2.45, 2.75) is 6.61 Å². The number of esters is 1. The lowest BCUT2D eigenvalue weighted by Gasteiger charge is -2.06. The van der Waals surface area contributed by atoms with Crippen LogP contribution in [0.15, 0.2) is 52.9 Å². The molecule has 2 aromatic carbocycles. The molecule has 1 heterocycles. The molecule has 0 saturated heterocycles. The van der Waals surface area contributed by atoms with Crippen LogP contribution < -0.4 is 10.1 Å². The summed E-state index contributed by atoms with van der Waals surface area (Å²) in [5.41, 5.74) is 1.10. The van der Waals surface area contributed by atoms with Crippen molar-refractivity contribution in [1.82, 2.24) is 15.5 Å². The van der Waals surface area contributed by atoms with Crippen LogP contribution in [0.1, 0.15) is 16.2 Å². The third kappa shape index (κ3) is 5.08. The van der Waals surface area contributed by atoms with Gasteiger partial charge in [-0.05, 0) is 48.5 Å². The highest BCUT2D eigenvalue weighted by Crippen LogP contribution is 2.20. The SMILES string of the molecule is COc1ccc(C(=O)NCC(=O)OCc2nnc(-c3ccc(Cl)cc3)o2)cc1. The summed E-state index contributed by atoms with van der Waals surface area (Å²) in [5.74, 6) is 0.0271. The molecule has 8 nitrogen and oxygen atoms in total. The molecule has 1 amide bonds. The van der Waals surface area contributed by atoms with Gasteiger partial charge in [0, 0.05) is 16.1 Å². The van der Waals surface area contributed by atoms with Gasteiger partial charge in [0.25, 0.3) is 11.8 Å². The van der Waals surface area contributed by atoms with Crippen LogP contribution >= 0.6 is 11.6 Å². The standard InChI is InChI=1S/C19H16ClN3O5/c1-26-15-8-4-12(5-9-15)18(25)21-10-17(24)27-11-16-22-23-19(28-16)13-2-6-14(20)7-3-13/h2-9H,10-11H2,1H3,(H,21,25). The number of hydrogen-bond acceptors (Lipinski definition) is 7. The van der Waals surface area contributed by atoms with Gasteiger partial charge in [-0.1, -0.05) is 11.6 Å². The average Bonchev–Trinajstić information content (AvgIpc) is 3.20. The van der Waals surface area contributed by atoms with Crippen LogP contribution in [-0.2, 0) is 16.1 Å². The molecule has 144 valence electrons. The first-order valence-electron chi connectivity index (χ1n) is 8.21. The number of ether oxygens (including phenoxy) is 2. The van der Waals surface area contributed by atoms with Gasteiger partial charge < -0.3 is 19.2 Å². The molecule has 3 rings (SSSR count). The smallest absolute Gasteiger partial charge is 0.325 e. The first-order valence-corrected chi connectivity index (χ1v) is 8.59. The summed E-state index contributed by atoms with van der Waals surface area (Å²) in [6.07, 6.45) is 0. The van der Waals surface area contributed by atoms with E-state index in [1.807, 2.05) is 0 Å². The van der Waals surface area contributed by atoms with Gasteiger partial charge in [-0.2, -0.15) is 0 Å². The van der Waals surface area contributed by atoms with Crippen molar-refractivity contribution >= 4 is 23.5 Å². The Morgan fingerprint density at radius 1 is 1.07 bits per heavy atom. The van der Waals surface area contributed by atoms with Crippen molar-refractivity contribution in [2.24, 2.45) is 0 Å². The summed E-state index contributed by atoms with van der Waals surface area (Å²) in [4.78, 5) is 23.8. The number of hydrogen-bond donors (Lipinski definition) is 1. The molecule has 0 aliphatic rings. The van der Waals surface area contributed by atoms with Crippen molar-refractivity contribution in [1.29, 1.82) is 0 Å². The molecular formula is C19H16ClN3O5. The van der Waals surface area contributed by atoms with Gasteiger partial charge in [0.15, 0.2) is 6.61 Å². The van der Waals surface area contributed by atoms with Crippen molar-refractivity contribution in [3.63, 3.8) is 0 Å². The minimum absolute atomic E-state index is 0.139. The maximum absolute atomic E-state index is 12.0. The second-order valence-corrected chi connectivity index (χ2v) is 6.02. The fraction of sp³-hybridized carbons (Fsp3) is 0.158. The van der Waals surface area contributed by atoms with Crippen LogP contribution in [0.25, 0.3) is 11.5 Å². The topological polar surface area (TPSA) is 104 Å². The lowest BCUT2D eigenvalue weighted by atomic mass is 10.2. The van der Waals surface area contributed by atoms with Crippen LogP contribution in [0.5, 0.6) is 5.75 Å². The number of aromatic nitrogens is 2. The maximum atomic E-state index is 12.0. The van der Waals surface area contributed by atoms with Gasteiger partial charge in [0.2, 0.25) is 5.89 Å². The summed E-state index contributed by atoms with van der Waals surface area (Å²) >= 11 is 5.83. The largest absolute Gasteiger partial charge is 0.497 e. The minimum atomic E-state index is -0.631. The predicted molar refractivity (Wildman–Crippen MR) is 99.9 cm³/mol. The van der Waals surface area contributed by atoms with E-state index in [0.717, 1.165) is 0 Å². The van der Waals surface area contributed by atoms with Gasteiger partial charge in [-0.15, -0.1) is 10.2 Å². The molecule has 0 fully saturated rings. The van der Waals surface area contributed by atoms with E-state index in [0.29, 0.717) is 21.9 Å². The maximum Gasteiger partial charge on any atom is 0.325 e. The molecule has 0 spiro atoms. The third-order valence-electron chi connectivity index (χ3n) is 3.66. The van der Waals surface area contributed by atoms with E-state index in [9.17, 15) is 9.59 Å². The molecule has 0 atom stereocenters. The zero-order valence-electron chi connectivity index (χ0n) is 14.8. The molecule has 0 radical (unpaired) electrons. The minimum Gasteiger partial charge on any atom is -0.497 e. The van der Waals surface area contributed by atoms with Gasteiger partial charge in [-0.25, -0.2) is 0 Å². The number of carbonyl (C=O) groups is 2. The monoisotopic (exact) mass is 401 g/mol. The summed E-state index contributed by atoms with van der Waals surface area (Å²) < 4.78 is 15.5. The fourth-order valence-electron chi connectivity index (χ4n) is 2.21. The Labute approximate surface area is 165 Å². The number of amides is 1. The number of methoxy groups -OCH3 is 1. The molecular weight excluding hydrogens is 386 g/mol.